The molecule has 1 aromatic heterocycles. The summed E-state index contributed by atoms with van der Waals surface area (Å²) in [4.78, 5) is 9.89. The van der Waals surface area contributed by atoms with E-state index in [1.165, 1.54) is 11.1 Å². The van der Waals surface area contributed by atoms with Crippen molar-refractivity contribution in [1.82, 2.24) is 9.97 Å². The summed E-state index contributed by atoms with van der Waals surface area (Å²) in [5.74, 6) is 1.47. The summed E-state index contributed by atoms with van der Waals surface area (Å²) in [5, 5.41) is 10.0. The predicted molar refractivity (Wildman–Crippen MR) is 168 cm³/mol. The van der Waals surface area contributed by atoms with Gasteiger partial charge < -0.3 is 4.74 Å². The number of nitriles is 1. The highest BCUT2D eigenvalue weighted by molar-refractivity contribution is 5.82. The minimum Gasteiger partial charge on any atom is -0.482 e. The van der Waals surface area contributed by atoms with Crippen molar-refractivity contribution in [1.29, 1.82) is 5.26 Å². The van der Waals surface area contributed by atoms with Crippen molar-refractivity contribution in [2.24, 2.45) is 0 Å². The summed E-state index contributed by atoms with van der Waals surface area (Å²) >= 11 is 0. The van der Waals surface area contributed by atoms with Crippen LogP contribution in [0.2, 0.25) is 0 Å². The van der Waals surface area contributed by atoms with Crippen LogP contribution in [-0.2, 0) is 5.60 Å². The van der Waals surface area contributed by atoms with Crippen molar-refractivity contribution in [3.63, 3.8) is 0 Å². The van der Waals surface area contributed by atoms with Gasteiger partial charge in [-0.15, -0.1) is 0 Å². The summed E-state index contributed by atoms with van der Waals surface area (Å²) in [6.45, 7) is 4.19. The zero-order valence-electron chi connectivity index (χ0n) is 23.4. The molecule has 0 saturated heterocycles. The lowest BCUT2D eigenvalue weighted by molar-refractivity contribution is 0.106. The molecule has 7 rings (SSSR count). The molecule has 0 aliphatic carbocycles. The number of hydrogen-bond donors (Lipinski definition) is 0. The third-order valence-electron chi connectivity index (χ3n) is 7.73. The molecule has 1 aliphatic heterocycles. The Bertz CT molecular complexity index is 1930. The van der Waals surface area contributed by atoms with Gasteiger partial charge in [0.15, 0.2) is 5.82 Å². The van der Waals surface area contributed by atoms with E-state index in [0.29, 0.717) is 11.4 Å². The number of rotatable bonds is 4. The maximum atomic E-state index is 10.0. The molecule has 1 aliphatic rings. The molecule has 200 valence electrons. The van der Waals surface area contributed by atoms with Crippen LogP contribution in [0.4, 0.5) is 0 Å². The Morgan fingerprint density at radius 2 is 1.21 bits per heavy atom. The number of ether oxygens (including phenoxy) is 1. The lowest BCUT2D eigenvalue weighted by atomic mass is 9.85. The van der Waals surface area contributed by atoms with Crippen molar-refractivity contribution < 1.29 is 4.74 Å². The highest BCUT2D eigenvalue weighted by atomic mass is 16.5. The highest BCUT2D eigenvalue weighted by Gasteiger charge is 2.32. The third kappa shape index (κ3) is 4.62. The standard InChI is InChI=1S/C38H27N3O/c1-38(2)33-16-10-9-15-31(33)32-18-17-28(22-36(32)42-38)29-19-25(24-39)20-30(21-29)35-23-34(26-11-5-3-6-12-26)40-37(41-35)27-13-7-4-8-14-27/h3-23H,1-2H3. The van der Waals surface area contributed by atoms with Gasteiger partial charge in [0.25, 0.3) is 0 Å². The van der Waals surface area contributed by atoms with Gasteiger partial charge in [-0.05, 0) is 60.9 Å². The number of fused-ring (bicyclic) bond motifs is 3. The van der Waals surface area contributed by atoms with Crippen LogP contribution in [0.1, 0.15) is 25.0 Å². The van der Waals surface area contributed by atoms with E-state index in [4.69, 9.17) is 14.7 Å². The van der Waals surface area contributed by atoms with E-state index in [-0.39, 0.29) is 0 Å². The number of benzene rings is 5. The van der Waals surface area contributed by atoms with Crippen LogP contribution in [0.5, 0.6) is 5.75 Å². The van der Waals surface area contributed by atoms with Crippen LogP contribution in [0.3, 0.4) is 0 Å². The summed E-state index contributed by atoms with van der Waals surface area (Å²) in [6, 6.07) is 45.0. The first-order valence-corrected chi connectivity index (χ1v) is 14.0. The van der Waals surface area contributed by atoms with Gasteiger partial charge in [-0.25, -0.2) is 9.97 Å². The molecular formula is C38H27N3O. The minimum atomic E-state index is -0.454. The Labute approximate surface area is 245 Å². The van der Waals surface area contributed by atoms with Crippen LogP contribution in [-0.4, -0.2) is 9.97 Å². The molecule has 0 amide bonds. The zero-order chi connectivity index (χ0) is 28.7. The van der Waals surface area contributed by atoms with Gasteiger partial charge in [-0.2, -0.15) is 5.26 Å². The van der Waals surface area contributed by atoms with E-state index >= 15 is 0 Å². The SMILES string of the molecule is CC1(C)Oc2cc(-c3cc(C#N)cc(-c4cc(-c5ccccc5)nc(-c5ccccc5)n4)c3)ccc2-c2ccccc21. The quantitative estimate of drug-likeness (QED) is 0.223. The van der Waals surface area contributed by atoms with E-state index in [1.807, 2.05) is 78.9 Å². The van der Waals surface area contributed by atoms with Gasteiger partial charge in [-0.1, -0.05) is 97.1 Å². The maximum Gasteiger partial charge on any atom is 0.160 e. The fourth-order valence-electron chi connectivity index (χ4n) is 5.66. The zero-order valence-corrected chi connectivity index (χ0v) is 23.4. The van der Waals surface area contributed by atoms with Crippen LogP contribution < -0.4 is 4.74 Å². The Hall–Kier alpha value is -5.53. The predicted octanol–water partition coefficient (Wildman–Crippen LogP) is 9.31. The van der Waals surface area contributed by atoms with Crippen LogP contribution in [0, 0.1) is 11.3 Å². The summed E-state index contributed by atoms with van der Waals surface area (Å²) in [6.07, 6.45) is 0. The first-order valence-electron chi connectivity index (χ1n) is 14.0. The Morgan fingerprint density at radius 3 is 1.95 bits per heavy atom. The van der Waals surface area contributed by atoms with Crippen molar-refractivity contribution in [3.8, 4) is 68.0 Å². The molecule has 0 bridgehead atoms. The molecule has 0 spiro atoms. The maximum absolute atomic E-state index is 10.0. The van der Waals surface area contributed by atoms with Crippen molar-refractivity contribution in [2.45, 2.75) is 19.4 Å². The fourth-order valence-corrected chi connectivity index (χ4v) is 5.66. The molecule has 0 atom stereocenters. The smallest absolute Gasteiger partial charge is 0.160 e. The van der Waals surface area contributed by atoms with Gasteiger partial charge in [-0.3, -0.25) is 0 Å². The van der Waals surface area contributed by atoms with E-state index in [0.717, 1.165) is 50.5 Å². The molecule has 0 unspecified atom stereocenters. The van der Waals surface area contributed by atoms with Gasteiger partial charge in [0.2, 0.25) is 0 Å². The fraction of sp³-hybridized carbons (Fsp3) is 0.0789. The molecule has 0 fully saturated rings. The van der Waals surface area contributed by atoms with Gasteiger partial charge in [0.05, 0.1) is 23.0 Å². The molecule has 0 radical (unpaired) electrons. The number of aromatic nitrogens is 2. The molecule has 4 heteroatoms. The molecule has 0 N–H and O–H groups in total. The Morgan fingerprint density at radius 1 is 0.571 bits per heavy atom. The molecule has 6 aromatic rings. The molecule has 2 heterocycles. The monoisotopic (exact) mass is 541 g/mol. The van der Waals surface area contributed by atoms with E-state index in [1.54, 1.807) is 0 Å². The second-order valence-electron chi connectivity index (χ2n) is 11.0. The van der Waals surface area contributed by atoms with Gasteiger partial charge >= 0.3 is 0 Å². The normalized spacial score (nSPS) is 12.9. The van der Waals surface area contributed by atoms with Gasteiger partial charge in [0, 0.05) is 27.8 Å². The molecule has 42 heavy (non-hydrogen) atoms. The Kier molecular flexibility index (Phi) is 6.14. The lowest BCUT2D eigenvalue weighted by Gasteiger charge is -2.35. The van der Waals surface area contributed by atoms with Crippen molar-refractivity contribution in [3.05, 3.63) is 139 Å². The second kappa shape index (κ2) is 10.1. The van der Waals surface area contributed by atoms with Crippen molar-refractivity contribution >= 4 is 0 Å². The van der Waals surface area contributed by atoms with E-state index in [9.17, 15) is 5.26 Å². The largest absolute Gasteiger partial charge is 0.482 e. The third-order valence-corrected chi connectivity index (χ3v) is 7.73. The van der Waals surface area contributed by atoms with E-state index in [2.05, 4.69) is 68.4 Å². The van der Waals surface area contributed by atoms with Crippen LogP contribution in [0.15, 0.2) is 127 Å². The average molecular weight is 542 g/mol. The molecule has 0 saturated carbocycles. The number of nitrogens with zero attached hydrogens (tertiary/aromatic N) is 3. The molecular weight excluding hydrogens is 514 g/mol. The molecule has 5 aromatic carbocycles. The van der Waals surface area contributed by atoms with E-state index < -0.39 is 5.60 Å². The van der Waals surface area contributed by atoms with Crippen LogP contribution >= 0.6 is 0 Å². The first kappa shape index (κ1) is 25.4. The van der Waals surface area contributed by atoms with Crippen molar-refractivity contribution in [2.75, 3.05) is 0 Å². The topological polar surface area (TPSA) is 58.8 Å². The first-order chi connectivity index (χ1) is 20.5. The van der Waals surface area contributed by atoms with Crippen LogP contribution in [0.25, 0.3) is 56.2 Å². The van der Waals surface area contributed by atoms with Gasteiger partial charge in [0.1, 0.15) is 11.4 Å². The minimum absolute atomic E-state index is 0.454. The second-order valence-corrected chi connectivity index (χ2v) is 11.0. The Balaban J connectivity index is 1.37. The molecule has 4 nitrogen and oxygen atoms in total. The summed E-state index contributed by atoms with van der Waals surface area (Å²) in [7, 11) is 0. The average Bonchev–Trinajstić information content (AvgIpc) is 3.04. The lowest BCUT2D eigenvalue weighted by Crippen LogP contribution is -2.29. The summed E-state index contributed by atoms with van der Waals surface area (Å²) in [5.41, 5.74) is 9.81. The number of hydrogen-bond acceptors (Lipinski definition) is 4. The summed E-state index contributed by atoms with van der Waals surface area (Å²) < 4.78 is 6.52. The highest BCUT2D eigenvalue weighted by Crippen LogP contribution is 2.46.